The molecule has 260 valence electrons. The number of carbonyl (C=O) groups excluding carboxylic acids is 5. The van der Waals surface area contributed by atoms with Gasteiger partial charge in [-0.05, 0) is 76.0 Å². The molecule has 4 aliphatic rings. The molecule has 4 fully saturated rings. The Bertz CT molecular complexity index is 1280. The smallest absolute Gasteiger partial charge is 0.376 e. The van der Waals surface area contributed by atoms with Crippen LogP contribution in [0.3, 0.4) is 0 Å². The average Bonchev–Trinajstić information content (AvgIpc) is 3.62. The van der Waals surface area contributed by atoms with Crippen LogP contribution >= 0.6 is 0 Å². The van der Waals surface area contributed by atoms with Gasteiger partial charge in [0.1, 0.15) is 17.9 Å². The van der Waals surface area contributed by atoms with Crippen LogP contribution in [0.25, 0.3) is 0 Å². The Morgan fingerprint density at radius 3 is 2.35 bits per heavy atom. The third-order valence-electron chi connectivity index (χ3n) is 11.2. The van der Waals surface area contributed by atoms with Gasteiger partial charge in [0, 0.05) is 24.9 Å². The van der Waals surface area contributed by atoms with Crippen molar-refractivity contribution in [3.8, 4) is 0 Å². The first-order chi connectivity index (χ1) is 21.6. The van der Waals surface area contributed by atoms with Gasteiger partial charge in [-0.25, -0.2) is 17.9 Å². The Labute approximate surface area is 273 Å². The second-order valence-electron chi connectivity index (χ2n) is 14.9. The van der Waals surface area contributed by atoms with Crippen LogP contribution < -0.4 is 15.8 Å². The van der Waals surface area contributed by atoms with Gasteiger partial charge in [-0.2, -0.15) is 0 Å². The quantitative estimate of drug-likeness (QED) is 0.134. The normalized spacial score (nSPS) is 27.5. The summed E-state index contributed by atoms with van der Waals surface area (Å²) in [6.45, 7) is 7.81. The molecule has 46 heavy (non-hydrogen) atoms. The number of nitrogens with zero attached hydrogens (tertiary/aromatic N) is 1. The van der Waals surface area contributed by atoms with Crippen LogP contribution in [0.15, 0.2) is 0 Å². The van der Waals surface area contributed by atoms with Crippen LogP contribution in [0.5, 0.6) is 0 Å². The molecule has 0 aromatic carbocycles. The maximum atomic E-state index is 14.1. The fraction of sp³-hybridized carbons (Fsp3) is 0.848. The van der Waals surface area contributed by atoms with Crippen LogP contribution in [-0.2, 0) is 38.7 Å². The number of likely N-dealkylation sites (tertiary alicyclic amines) is 1. The number of fused-ring (bicyclic) bond motifs is 2. The van der Waals surface area contributed by atoms with Crippen LogP contribution in [0.2, 0.25) is 0 Å². The van der Waals surface area contributed by atoms with E-state index < -0.39 is 62.7 Å². The summed E-state index contributed by atoms with van der Waals surface area (Å²) in [6, 6.07) is -2.79. The number of sulfonamides is 1. The number of rotatable bonds is 15. The Hall–Kier alpha value is -2.38. The molecule has 3 aliphatic carbocycles. The van der Waals surface area contributed by atoms with Gasteiger partial charge in [0.15, 0.2) is 0 Å². The molecule has 2 amide bonds. The zero-order chi connectivity index (χ0) is 33.9. The first kappa shape index (κ1) is 36.5. The highest BCUT2D eigenvalue weighted by molar-refractivity contribution is 7.89. The maximum Gasteiger partial charge on any atom is 0.376 e. The molecule has 13 heteroatoms. The molecule has 5 atom stereocenters. The number of amides is 2. The zero-order valence-corrected chi connectivity index (χ0v) is 28.8. The predicted molar refractivity (Wildman–Crippen MR) is 172 cm³/mol. The summed E-state index contributed by atoms with van der Waals surface area (Å²) < 4.78 is 35.2. The van der Waals surface area contributed by atoms with E-state index in [-0.39, 0.29) is 42.2 Å². The second kappa shape index (κ2) is 14.8. The molecule has 2 unspecified atom stereocenters. The fourth-order valence-electron chi connectivity index (χ4n) is 8.36. The van der Waals surface area contributed by atoms with E-state index in [0.29, 0.717) is 45.1 Å². The van der Waals surface area contributed by atoms with Crippen molar-refractivity contribution in [2.45, 2.75) is 135 Å². The lowest BCUT2D eigenvalue weighted by molar-refractivity contribution is -0.157. The molecule has 0 spiro atoms. The molecule has 4 rings (SSSR count). The van der Waals surface area contributed by atoms with Crippen LogP contribution in [-0.4, -0.2) is 85.7 Å². The number of hydrogen-bond acceptors (Lipinski definition) is 9. The summed E-state index contributed by atoms with van der Waals surface area (Å²) in [5.74, 6) is -2.48. The largest absolute Gasteiger partial charge is 0.457 e. The third-order valence-corrected chi connectivity index (χ3v) is 12.7. The van der Waals surface area contributed by atoms with Crippen molar-refractivity contribution in [3.63, 3.8) is 0 Å². The molecule has 12 nitrogen and oxygen atoms in total. The molecule has 3 saturated carbocycles. The SMILES string of the molecule is CC(C)OC(=O)C(=O)[C@@H](N)CCCNC(=O)[C@@H]1CCCN1C(=O)[C@@H](CC1CCCCC1)NS(=O)(=O)CC12CCC(CC1=O)C2(C)C. The Morgan fingerprint density at radius 1 is 1.04 bits per heavy atom. The molecule has 1 aliphatic heterocycles. The number of carbonyl (C=O) groups is 5. The molecule has 4 N–H and O–H groups in total. The number of nitrogens with two attached hydrogens (primary N) is 1. The van der Waals surface area contributed by atoms with Crippen molar-refractivity contribution in [1.29, 1.82) is 0 Å². The topological polar surface area (TPSA) is 182 Å². The molecule has 2 bridgehead atoms. The summed E-state index contributed by atoms with van der Waals surface area (Å²) in [5, 5.41) is 2.82. The van der Waals surface area contributed by atoms with E-state index in [9.17, 15) is 32.4 Å². The minimum absolute atomic E-state index is 0.00590. The Morgan fingerprint density at radius 2 is 1.74 bits per heavy atom. The standard InChI is InChI=1S/C33H54N4O8S/c1-21(2)45-31(42)28(39)24(34)12-8-16-35-29(40)26-13-9-17-37(26)30(41)25(18-22-10-6-5-7-11-22)36-46(43,44)20-33-15-14-23(19-27(33)38)32(33,3)4/h21-26,36H,5-20,34H2,1-4H3,(H,35,40)/t23?,24-,25+,26-,33?/m0/s1. The third kappa shape index (κ3) is 8.01. The summed E-state index contributed by atoms with van der Waals surface area (Å²) in [7, 11) is -4.01. The minimum atomic E-state index is -4.01. The van der Waals surface area contributed by atoms with Crippen molar-refractivity contribution in [3.05, 3.63) is 0 Å². The van der Waals surface area contributed by atoms with Gasteiger partial charge in [-0.1, -0.05) is 46.0 Å². The predicted octanol–water partition coefficient (Wildman–Crippen LogP) is 2.38. The monoisotopic (exact) mass is 666 g/mol. The highest BCUT2D eigenvalue weighted by Gasteiger charge is 2.65. The summed E-state index contributed by atoms with van der Waals surface area (Å²) in [6.07, 6.45) is 8.32. The van der Waals surface area contributed by atoms with Gasteiger partial charge in [0.25, 0.3) is 5.78 Å². The van der Waals surface area contributed by atoms with Gasteiger partial charge in [-0.15, -0.1) is 0 Å². The van der Waals surface area contributed by atoms with Gasteiger partial charge in [0.05, 0.1) is 17.9 Å². The number of nitrogens with one attached hydrogen (secondary N) is 2. The lowest BCUT2D eigenvalue weighted by Crippen LogP contribution is -2.55. The van der Waals surface area contributed by atoms with E-state index in [1.165, 1.54) is 4.90 Å². The zero-order valence-electron chi connectivity index (χ0n) is 28.0. The molecule has 1 heterocycles. The first-order valence-electron chi connectivity index (χ1n) is 17.2. The van der Waals surface area contributed by atoms with Gasteiger partial charge in [0.2, 0.25) is 21.8 Å². The Kier molecular flexibility index (Phi) is 11.7. The molecule has 0 aromatic rings. The molecular formula is C33H54N4O8S. The number of hydrogen-bond donors (Lipinski definition) is 3. The molecular weight excluding hydrogens is 612 g/mol. The number of ether oxygens (including phenoxy) is 1. The van der Waals surface area contributed by atoms with Gasteiger partial charge < -0.3 is 20.7 Å². The first-order valence-corrected chi connectivity index (χ1v) is 18.8. The van der Waals surface area contributed by atoms with Crippen molar-refractivity contribution >= 4 is 39.4 Å². The van der Waals surface area contributed by atoms with E-state index >= 15 is 0 Å². The van der Waals surface area contributed by atoms with Crippen molar-refractivity contribution in [1.82, 2.24) is 14.9 Å². The minimum Gasteiger partial charge on any atom is -0.457 e. The van der Waals surface area contributed by atoms with Crippen molar-refractivity contribution in [2.75, 3.05) is 18.8 Å². The van der Waals surface area contributed by atoms with Crippen LogP contribution in [0, 0.1) is 22.7 Å². The van der Waals surface area contributed by atoms with Gasteiger partial charge in [-0.3, -0.25) is 19.2 Å². The average molecular weight is 667 g/mol. The highest BCUT2D eigenvalue weighted by atomic mass is 32.2. The van der Waals surface area contributed by atoms with E-state index in [1.54, 1.807) is 13.8 Å². The van der Waals surface area contributed by atoms with Crippen LogP contribution in [0.4, 0.5) is 0 Å². The van der Waals surface area contributed by atoms with E-state index in [4.69, 9.17) is 10.5 Å². The molecule has 0 radical (unpaired) electrons. The maximum absolute atomic E-state index is 14.1. The Balaban J connectivity index is 1.39. The number of esters is 1. The lowest BCUT2D eigenvalue weighted by Gasteiger charge is -2.37. The van der Waals surface area contributed by atoms with E-state index in [2.05, 4.69) is 10.0 Å². The highest BCUT2D eigenvalue weighted by Crippen LogP contribution is 2.64. The summed E-state index contributed by atoms with van der Waals surface area (Å²) in [4.78, 5) is 65.9. The summed E-state index contributed by atoms with van der Waals surface area (Å²) >= 11 is 0. The lowest BCUT2D eigenvalue weighted by atomic mass is 9.70. The number of Topliss-reactive ketones (excluding diaryl/α,β-unsaturated/α-hetero) is 2. The summed E-state index contributed by atoms with van der Waals surface area (Å²) in [5.41, 5.74) is 4.49. The molecule has 0 aromatic heterocycles. The molecule has 1 saturated heterocycles. The van der Waals surface area contributed by atoms with Gasteiger partial charge >= 0.3 is 5.97 Å². The fourth-order valence-corrected chi connectivity index (χ4v) is 10.4. The van der Waals surface area contributed by atoms with Crippen LogP contribution in [0.1, 0.15) is 111 Å². The van der Waals surface area contributed by atoms with Crippen molar-refractivity contribution < 1.29 is 37.1 Å². The number of ketones is 2. The van der Waals surface area contributed by atoms with E-state index in [0.717, 1.165) is 38.5 Å². The van der Waals surface area contributed by atoms with Crippen molar-refractivity contribution in [2.24, 2.45) is 28.4 Å². The second-order valence-corrected chi connectivity index (χ2v) is 16.6. The van der Waals surface area contributed by atoms with E-state index in [1.807, 2.05) is 13.8 Å².